The molecule has 0 bridgehead atoms. The molecule has 25 heavy (non-hydrogen) atoms. The van der Waals surface area contributed by atoms with Crippen molar-refractivity contribution in [3.05, 3.63) is 65.4 Å². The van der Waals surface area contributed by atoms with Crippen molar-refractivity contribution in [3.8, 4) is 5.75 Å². The number of aromatic nitrogens is 1. The molecule has 130 valence electrons. The Morgan fingerprint density at radius 1 is 1.08 bits per heavy atom. The summed E-state index contributed by atoms with van der Waals surface area (Å²) in [6, 6.07) is 16.5. The highest BCUT2D eigenvalue weighted by Crippen LogP contribution is 2.31. The van der Waals surface area contributed by atoms with Crippen LogP contribution < -0.4 is 4.74 Å². The number of benzene rings is 2. The van der Waals surface area contributed by atoms with Crippen molar-refractivity contribution < 1.29 is 14.3 Å². The number of hydrogen-bond acceptors (Lipinski definition) is 3. The molecule has 0 saturated heterocycles. The molecule has 0 aliphatic rings. The Hall–Kier alpha value is -2.75. The fraction of sp³-hybridized carbons (Fsp3) is 0.286. The molecule has 0 atom stereocenters. The number of methoxy groups -OCH3 is 2. The largest absolute Gasteiger partial charge is 0.497 e. The lowest BCUT2D eigenvalue weighted by Crippen LogP contribution is -2.04. The maximum Gasteiger partial charge on any atom is 0.305 e. The Kier molecular flexibility index (Phi) is 5.08. The van der Waals surface area contributed by atoms with Crippen LogP contribution in [0.1, 0.15) is 23.2 Å². The maximum atomic E-state index is 11.6. The molecule has 3 rings (SSSR count). The first kappa shape index (κ1) is 17.1. The standard InChI is InChI=1S/C21H23NO3/c1-15-18(10-12-21(23)25-3)19-13-17(24-2)9-11-20(19)22(15)14-16-7-5-4-6-8-16/h4-9,11,13H,10,12,14H2,1-3H3. The molecule has 1 heterocycles. The molecule has 2 aromatic carbocycles. The van der Waals surface area contributed by atoms with Gasteiger partial charge in [0, 0.05) is 29.6 Å². The number of nitrogens with zero attached hydrogens (tertiary/aromatic N) is 1. The van der Waals surface area contributed by atoms with Crippen LogP contribution in [0.25, 0.3) is 10.9 Å². The van der Waals surface area contributed by atoms with E-state index in [1.54, 1.807) is 7.11 Å². The highest BCUT2D eigenvalue weighted by Gasteiger charge is 2.16. The van der Waals surface area contributed by atoms with Gasteiger partial charge >= 0.3 is 5.97 Å². The Morgan fingerprint density at radius 3 is 2.52 bits per heavy atom. The number of fused-ring (bicyclic) bond motifs is 1. The van der Waals surface area contributed by atoms with E-state index in [-0.39, 0.29) is 5.97 Å². The molecular formula is C21H23NO3. The minimum atomic E-state index is -0.189. The number of hydrogen-bond donors (Lipinski definition) is 0. The van der Waals surface area contributed by atoms with Gasteiger partial charge in [0.1, 0.15) is 5.75 Å². The number of ether oxygens (including phenoxy) is 2. The molecule has 3 aromatic rings. The second-order valence-electron chi connectivity index (χ2n) is 6.09. The van der Waals surface area contributed by atoms with Gasteiger partial charge in [-0.05, 0) is 42.7 Å². The van der Waals surface area contributed by atoms with Gasteiger partial charge in [0.2, 0.25) is 0 Å². The topological polar surface area (TPSA) is 40.5 Å². The zero-order valence-electron chi connectivity index (χ0n) is 14.9. The third kappa shape index (κ3) is 3.53. The smallest absolute Gasteiger partial charge is 0.305 e. The summed E-state index contributed by atoms with van der Waals surface area (Å²) in [4.78, 5) is 11.6. The second kappa shape index (κ2) is 7.43. The monoisotopic (exact) mass is 337 g/mol. The summed E-state index contributed by atoms with van der Waals surface area (Å²) < 4.78 is 12.5. The molecule has 0 fully saturated rings. The summed E-state index contributed by atoms with van der Waals surface area (Å²) in [5, 5.41) is 1.14. The van der Waals surface area contributed by atoms with E-state index in [0.717, 1.165) is 23.2 Å². The van der Waals surface area contributed by atoms with Gasteiger partial charge in [-0.25, -0.2) is 0 Å². The lowest BCUT2D eigenvalue weighted by atomic mass is 10.1. The van der Waals surface area contributed by atoms with E-state index in [1.165, 1.54) is 23.9 Å². The highest BCUT2D eigenvalue weighted by atomic mass is 16.5. The van der Waals surface area contributed by atoms with E-state index in [1.807, 2.05) is 12.1 Å². The van der Waals surface area contributed by atoms with Gasteiger partial charge in [-0.2, -0.15) is 0 Å². The van der Waals surface area contributed by atoms with Gasteiger partial charge in [0.05, 0.1) is 14.2 Å². The first-order valence-electron chi connectivity index (χ1n) is 8.40. The van der Waals surface area contributed by atoms with Crippen LogP contribution >= 0.6 is 0 Å². The van der Waals surface area contributed by atoms with Crippen LogP contribution in [0.2, 0.25) is 0 Å². The van der Waals surface area contributed by atoms with Gasteiger partial charge < -0.3 is 14.0 Å². The van der Waals surface area contributed by atoms with Crippen molar-refractivity contribution in [1.29, 1.82) is 0 Å². The molecule has 0 aliphatic heterocycles. The van der Waals surface area contributed by atoms with Crippen molar-refractivity contribution in [2.75, 3.05) is 14.2 Å². The predicted molar refractivity (Wildman–Crippen MR) is 99.1 cm³/mol. The van der Waals surface area contributed by atoms with Gasteiger partial charge in [0.25, 0.3) is 0 Å². The summed E-state index contributed by atoms with van der Waals surface area (Å²) in [5.41, 5.74) is 4.76. The molecule has 0 radical (unpaired) electrons. The minimum absolute atomic E-state index is 0.189. The van der Waals surface area contributed by atoms with E-state index in [0.29, 0.717) is 12.8 Å². The van der Waals surface area contributed by atoms with E-state index in [9.17, 15) is 4.79 Å². The zero-order chi connectivity index (χ0) is 17.8. The first-order chi connectivity index (χ1) is 12.1. The van der Waals surface area contributed by atoms with E-state index >= 15 is 0 Å². The first-order valence-corrected chi connectivity index (χ1v) is 8.40. The van der Waals surface area contributed by atoms with Crippen LogP contribution in [0.3, 0.4) is 0 Å². The Labute approximate surface area is 148 Å². The summed E-state index contributed by atoms with van der Waals surface area (Å²) in [5.74, 6) is 0.634. The number of aryl methyl sites for hydroxylation is 1. The Morgan fingerprint density at radius 2 is 1.84 bits per heavy atom. The molecule has 0 unspecified atom stereocenters. The van der Waals surface area contributed by atoms with Crippen LogP contribution in [0.4, 0.5) is 0 Å². The van der Waals surface area contributed by atoms with Crippen LogP contribution in [-0.2, 0) is 22.5 Å². The number of carbonyl (C=O) groups is 1. The molecule has 0 amide bonds. The van der Waals surface area contributed by atoms with Gasteiger partial charge in [-0.3, -0.25) is 4.79 Å². The molecule has 4 nitrogen and oxygen atoms in total. The normalized spacial score (nSPS) is 10.8. The van der Waals surface area contributed by atoms with E-state index in [4.69, 9.17) is 9.47 Å². The summed E-state index contributed by atoms with van der Waals surface area (Å²) >= 11 is 0. The van der Waals surface area contributed by atoms with Crippen LogP contribution in [-0.4, -0.2) is 24.8 Å². The second-order valence-corrected chi connectivity index (χ2v) is 6.09. The van der Waals surface area contributed by atoms with Gasteiger partial charge in [-0.1, -0.05) is 30.3 Å². The fourth-order valence-corrected chi connectivity index (χ4v) is 3.27. The fourth-order valence-electron chi connectivity index (χ4n) is 3.27. The Balaban J connectivity index is 2.06. The van der Waals surface area contributed by atoms with Gasteiger partial charge in [-0.15, -0.1) is 0 Å². The molecule has 4 heteroatoms. The lowest BCUT2D eigenvalue weighted by Gasteiger charge is -2.09. The maximum absolute atomic E-state index is 11.6. The molecule has 0 spiro atoms. The van der Waals surface area contributed by atoms with E-state index in [2.05, 4.69) is 47.9 Å². The minimum Gasteiger partial charge on any atom is -0.497 e. The van der Waals surface area contributed by atoms with Crippen molar-refractivity contribution in [2.24, 2.45) is 0 Å². The third-order valence-electron chi connectivity index (χ3n) is 4.65. The average molecular weight is 337 g/mol. The van der Waals surface area contributed by atoms with Gasteiger partial charge in [0.15, 0.2) is 0 Å². The van der Waals surface area contributed by atoms with Crippen LogP contribution in [0.15, 0.2) is 48.5 Å². The quantitative estimate of drug-likeness (QED) is 0.636. The highest BCUT2D eigenvalue weighted by molar-refractivity contribution is 5.87. The summed E-state index contributed by atoms with van der Waals surface area (Å²) in [6.45, 7) is 2.91. The van der Waals surface area contributed by atoms with Crippen molar-refractivity contribution in [3.63, 3.8) is 0 Å². The average Bonchev–Trinajstić information content (AvgIpc) is 2.91. The SMILES string of the molecule is COC(=O)CCc1c(C)n(Cc2ccccc2)c2ccc(OC)cc12. The molecular weight excluding hydrogens is 314 g/mol. The van der Waals surface area contributed by atoms with Crippen molar-refractivity contribution >= 4 is 16.9 Å². The van der Waals surface area contributed by atoms with Crippen LogP contribution in [0.5, 0.6) is 5.75 Å². The number of carbonyl (C=O) groups excluding carboxylic acids is 1. The predicted octanol–water partition coefficient (Wildman–Crippen LogP) is 4.11. The zero-order valence-corrected chi connectivity index (χ0v) is 14.9. The summed E-state index contributed by atoms with van der Waals surface area (Å²) in [7, 11) is 3.10. The van der Waals surface area contributed by atoms with E-state index < -0.39 is 0 Å². The Bertz CT molecular complexity index is 881. The van der Waals surface area contributed by atoms with Crippen molar-refractivity contribution in [2.45, 2.75) is 26.3 Å². The lowest BCUT2D eigenvalue weighted by molar-refractivity contribution is -0.140. The number of rotatable bonds is 6. The van der Waals surface area contributed by atoms with Crippen LogP contribution in [0, 0.1) is 6.92 Å². The third-order valence-corrected chi connectivity index (χ3v) is 4.65. The molecule has 1 aromatic heterocycles. The molecule has 0 aliphatic carbocycles. The number of esters is 1. The molecule has 0 saturated carbocycles. The molecule has 0 N–H and O–H groups in total. The summed E-state index contributed by atoms with van der Waals surface area (Å²) in [6.07, 6.45) is 1.03. The van der Waals surface area contributed by atoms with Crippen molar-refractivity contribution in [1.82, 2.24) is 4.57 Å².